The van der Waals surface area contributed by atoms with Crippen molar-refractivity contribution >= 4 is 17.5 Å². The summed E-state index contributed by atoms with van der Waals surface area (Å²) in [5.41, 5.74) is 2.61. The Labute approximate surface area is 157 Å². The highest BCUT2D eigenvalue weighted by molar-refractivity contribution is 7.90. The van der Waals surface area contributed by atoms with Gasteiger partial charge in [0.2, 0.25) is 0 Å². The van der Waals surface area contributed by atoms with Gasteiger partial charge in [-0.2, -0.15) is 0 Å². The zero-order valence-electron chi connectivity index (χ0n) is 15.5. The molecule has 0 radical (unpaired) electrons. The Morgan fingerprint density at radius 1 is 1.42 bits per heavy atom. The Morgan fingerprint density at radius 3 is 2.62 bits per heavy atom. The standard InChI is InChI=1S/C19H27FN2O3S/c1-18(2,3)26(25)21-16-15-10-13(12-20)4-5-14(15)11-19(16)6-8-22(9-7-19)17(23)24/h4-5,10,16,21H,6-9,11-12H2,1-3H3,(H,23,24)/t16-,26-/m1/s1. The molecule has 0 aromatic heterocycles. The van der Waals surface area contributed by atoms with Crippen molar-refractivity contribution in [2.45, 2.75) is 57.5 Å². The van der Waals surface area contributed by atoms with Crippen LogP contribution in [0.2, 0.25) is 0 Å². The summed E-state index contributed by atoms with van der Waals surface area (Å²) in [4.78, 5) is 12.7. The Hall–Kier alpha value is -1.31. The van der Waals surface area contributed by atoms with E-state index < -0.39 is 28.9 Å². The molecule has 1 aliphatic heterocycles. The third-order valence-corrected chi connectivity index (χ3v) is 7.20. The second kappa shape index (κ2) is 7.02. The van der Waals surface area contributed by atoms with Gasteiger partial charge in [-0.3, -0.25) is 0 Å². The van der Waals surface area contributed by atoms with Gasteiger partial charge >= 0.3 is 6.09 Å². The fourth-order valence-electron chi connectivity index (χ4n) is 4.05. The van der Waals surface area contributed by atoms with Gasteiger partial charge in [0.1, 0.15) is 11.4 Å². The predicted molar refractivity (Wildman–Crippen MR) is 100.0 cm³/mol. The number of benzene rings is 1. The van der Waals surface area contributed by atoms with Crippen LogP contribution in [-0.2, 0) is 24.5 Å². The maximum atomic E-state index is 13.2. The highest BCUT2D eigenvalue weighted by Gasteiger charge is 2.50. The number of rotatable bonds is 3. The van der Waals surface area contributed by atoms with Gasteiger partial charge in [0.15, 0.2) is 0 Å². The molecule has 1 aromatic carbocycles. The van der Waals surface area contributed by atoms with Crippen LogP contribution in [0.25, 0.3) is 0 Å². The number of hydrogen-bond acceptors (Lipinski definition) is 3. The second-order valence-corrected chi connectivity index (χ2v) is 10.4. The fourth-order valence-corrected chi connectivity index (χ4v) is 4.99. The van der Waals surface area contributed by atoms with E-state index in [0.717, 1.165) is 17.5 Å². The summed E-state index contributed by atoms with van der Waals surface area (Å²) < 4.78 is 28.9. The topological polar surface area (TPSA) is 75.6 Å². The molecule has 3 rings (SSSR count). The van der Waals surface area contributed by atoms with E-state index in [1.54, 1.807) is 0 Å². The Bertz CT molecular complexity index is 684. The van der Waals surface area contributed by atoms with Crippen molar-refractivity contribution in [2.75, 3.05) is 13.1 Å². The van der Waals surface area contributed by atoms with Gasteiger partial charge in [-0.05, 0) is 56.7 Å². The first kappa shape index (κ1) is 19.5. The maximum Gasteiger partial charge on any atom is 0.407 e. The highest BCUT2D eigenvalue weighted by atomic mass is 32.2. The second-order valence-electron chi connectivity index (χ2n) is 8.41. The third-order valence-electron chi connectivity index (χ3n) is 5.64. The minimum atomic E-state index is -1.26. The van der Waals surface area contributed by atoms with Gasteiger partial charge in [-0.25, -0.2) is 9.18 Å². The summed E-state index contributed by atoms with van der Waals surface area (Å²) in [5, 5.41) is 9.25. The first-order chi connectivity index (χ1) is 12.2. The van der Waals surface area contributed by atoms with Crippen molar-refractivity contribution in [3.05, 3.63) is 34.9 Å². The lowest BCUT2D eigenvalue weighted by atomic mass is 9.73. The molecule has 7 heteroatoms. The quantitative estimate of drug-likeness (QED) is 0.784. The number of alkyl halides is 1. The molecule has 1 fully saturated rings. The number of amides is 1. The predicted octanol–water partition coefficient (Wildman–Crippen LogP) is 3.57. The molecule has 2 N–H and O–H groups in total. The van der Waals surface area contributed by atoms with Gasteiger partial charge in [0.05, 0.1) is 6.04 Å². The highest BCUT2D eigenvalue weighted by Crippen LogP contribution is 2.52. The molecular formula is C19H27FN2O3S. The molecule has 1 aromatic rings. The van der Waals surface area contributed by atoms with Crippen LogP contribution in [0.15, 0.2) is 18.2 Å². The lowest BCUT2D eigenvalue weighted by Crippen LogP contribution is -2.50. The molecular weight excluding hydrogens is 355 g/mol. The zero-order valence-corrected chi connectivity index (χ0v) is 16.4. The average molecular weight is 383 g/mol. The minimum absolute atomic E-state index is 0.153. The summed E-state index contributed by atoms with van der Waals surface area (Å²) in [6, 6.07) is 5.50. The zero-order chi connectivity index (χ0) is 19.1. The molecule has 2 aliphatic rings. The molecule has 1 saturated heterocycles. The number of carboxylic acid groups (broad SMARTS) is 1. The average Bonchev–Trinajstić information content (AvgIpc) is 2.87. The van der Waals surface area contributed by atoms with Gasteiger partial charge in [-0.1, -0.05) is 18.2 Å². The number of halogens is 1. The molecule has 1 heterocycles. The largest absolute Gasteiger partial charge is 0.598 e. The molecule has 1 amide bonds. The summed E-state index contributed by atoms with van der Waals surface area (Å²) in [7, 11) is 0. The van der Waals surface area contributed by atoms with Crippen LogP contribution in [0.1, 0.15) is 56.3 Å². The van der Waals surface area contributed by atoms with Gasteiger partial charge in [0.25, 0.3) is 0 Å². The molecule has 26 heavy (non-hydrogen) atoms. The number of piperidine rings is 1. The van der Waals surface area contributed by atoms with E-state index >= 15 is 0 Å². The third kappa shape index (κ3) is 3.57. The van der Waals surface area contributed by atoms with E-state index in [-0.39, 0.29) is 11.5 Å². The van der Waals surface area contributed by atoms with Crippen LogP contribution in [0.5, 0.6) is 0 Å². The molecule has 0 bridgehead atoms. The van der Waals surface area contributed by atoms with Crippen LogP contribution in [-0.4, -0.2) is 38.5 Å². The Kier molecular flexibility index (Phi) is 5.25. The van der Waals surface area contributed by atoms with Gasteiger partial charge < -0.3 is 14.6 Å². The summed E-state index contributed by atoms with van der Waals surface area (Å²) in [5.74, 6) is 0. The van der Waals surface area contributed by atoms with Crippen LogP contribution in [0, 0.1) is 5.41 Å². The fraction of sp³-hybridized carbons (Fsp3) is 0.632. The van der Waals surface area contributed by atoms with Crippen molar-refractivity contribution in [3.63, 3.8) is 0 Å². The van der Waals surface area contributed by atoms with Gasteiger partial charge in [-0.15, -0.1) is 4.72 Å². The molecule has 144 valence electrons. The van der Waals surface area contributed by atoms with Crippen LogP contribution in [0.3, 0.4) is 0 Å². The van der Waals surface area contributed by atoms with E-state index in [4.69, 9.17) is 0 Å². The van der Waals surface area contributed by atoms with Crippen molar-refractivity contribution in [2.24, 2.45) is 5.41 Å². The van der Waals surface area contributed by atoms with Crippen LogP contribution < -0.4 is 4.72 Å². The maximum absolute atomic E-state index is 13.2. The number of nitrogens with zero attached hydrogens (tertiary/aromatic N) is 1. The molecule has 1 aliphatic carbocycles. The summed E-state index contributed by atoms with van der Waals surface area (Å²) in [6.07, 6.45) is 1.33. The van der Waals surface area contributed by atoms with E-state index in [2.05, 4.69) is 4.72 Å². The van der Waals surface area contributed by atoms with Crippen LogP contribution in [0.4, 0.5) is 9.18 Å². The van der Waals surface area contributed by atoms with E-state index in [9.17, 15) is 18.8 Å². The Balaban J connectivity index is 1.92. The normalized spacial score (nSPS) is 23.1. The number of hydrogen-bond donors (Lipinski definition) is 2. The minimum Gasteiger partial charge on any atom is -0.598 e. The summed E-state index contributed by atoms with van der Waals surface area (Å²) in [6.45, 7) is 6.18. The van der Waals surface area contributed by atoms with Crippen molar-refractivity contribution in [1.82, 2.24) is 9.62 Å². The first-order valence-electron chi connectivity index (χ1n) is 9.00. The van der Waals surface area contributed by atoms with E-state index in [1.165, 1.54) is 4.90 Å². The molecule has 1 spiro atoms. The van der Waals surface area contributed by atoms with Crippen molar-refractivity contribution in [1.29, 1.82) is 0 Å². The van der Waals surface area contributed by atoms with Crippen molar-refractivity contribution in [3.8, 4) is 0 Å². The lowest BCUT2D eigenvalue weighted by Gasteiger charge is -2.43. The molecule has 0 saturated carbocycles. The SMILES string of the molecule is CC(C)(C)[S@@+]([O-])N[C@@H]1c2cc(CF)ccc2CC12CCN(C(=O)O)CC2. The number of fused-ring (bicyclic) bond motifs is 1. The lowest BCUT2D eigenvalue weighted by molar-refractivity contribution is 0.0764. The number of carbonyl (C=O) groups is 1. The number of nitrogens with one attached hydrogen (secondary N) is 1. The monoisotopic (exact) mass is 382 g/mol. The molecule has 0 unspecified atom stereocenters. The molecule has 2 atom stereocenters. The van der Waals surface area contributed by atoms with Crippen LogP contribution >= 0.6 is 0 Å². The summed E-state index contributed by atoms with van der Waals surface area (Å²) >= 11 is -1.26. The van der Waals surface area contributed by atoms with Crippen molar-refractivity contribution < 1.29 is 18.8 Å². The Morgan fingerprint density at radius 2 is 2.08 bits per heavy atom. The first-order valence-corrected chi connectivity index (χ1v) is 10.1. The number of likely N-dealkylation sites (tertiary alicyclic amines) is 1. The van der Waals surface area contributed by atoms with E-state index in [1.807, 2.05) is 39.0 Å². The molecule has 5 nitrogen and oxygen atoms in total. The van der Waals surface area contributed by atoms with Gasteiger partial charge in [0, 0.05) is 29.9 Å². The van der Waals surface area contributed by atoms with E-state index in [0.29, 0.717) is 31.5 Å². The smallest absolute Gasteiger partial charge is 0.407 e.